The lowest BCUT2D eigenvalue weighted by Crippen LogP contribution is -2.51. The van der Waals surface area contributed by atoms with Crippen molar-refractivity contribution in [1.29, 1.82) is 0 Å². The number of anilines is 3. The van der Waals surface area contributed by atoms with Crippen LogP contribution >= 0.6 is 0 Å². The molecule has 14 heteroatoms. The number of hydrogen-bond donors (Lipinski definition) is 2. The molecule has 0 bridgehead atoms. The number of methoxy groups -OCH3 is 1. The number of amides is 2. The maximum atomic E-state index is 15.3. The predicted octanol–water partition coefficient (Wildman–Crippen LogP) is 6.93. The predicted molar refractivity (Wildman–Crippen MR) is 163 cm³/mol. The molecule has 2 amide bonds. The second kappa shape index (κ2) is 13.7. The highest BCUT2D eigenvalue weighted by atomic mass is 19.4. The Morgan fingerprint density at radius 1 is 1.09 bits per heavy atom. The number of rotatable bonds is 11. The van der Waals surface area contributed by atoms with Gasteiger partial charge in [0.05, 0.1) is 50.5 Å². The van der Waals surface area contributed by atoms with Crippen LogP contribution in [-0.4, -0.2) is 51.1 Å². The van der Waals surface area contributed by atoms with Gasteiger partial charge in [0, 0.05) is 18.0 Å². The highest BCUT2D eigenvalue weighted by Crippen LogP contribution is 2.40. The van der Waals surface area contributed by atoms with Crippen molar-refractivity contribution >= 4 is 29.3 Å². The third-order valence-electron chi connectivity index (χ3n) is 6.93. The minimum absolute atomic E-state index is 0.155. The lowest BCUT2D eigenvalue weighted by atomic mass is 10.0. The molecule has 244 valence electrons. The number of benzene rings is 3. The maximum Gasteiger partial charge on any atom is 0.420 e. The van der Waals surface area contributed by atoms with Crippen molar-refractivity contribution < 1.29 is 46.0 Å². The first-order valence-corrected chi connectivity index (χ1v) is 14.2. The van der Waals surface area contributed by atoms with Gasteiger partial charge in [-0.25, -0.2) is 14.2 Å². The van der Waals surface area contributed by atoms with Gasteiger partial charge in [-0.1, -0.05) is 12.1 Å². The Balaban J connectivity index is 1.28. The van der Waals surface area contributed by atoms with E-state index >= 15 is 4.39 Å². The Morgan fingerprint density at radius 3 is 2.48 bits per heavy atom. The van der Waals surface area contributed by atoms with Crippen molar-refractivity contribution in [2.75, 3.05) is 42.5 Å². The summed E-state index contributed by atoms with van der Waals surface area (Å²) in [5.74, 6) is -0.146. The van der Waals surface area contributed by atoms with Crippen LogP contribution in [0, 0.1) is 5.82 Å². The average molecular weight is 645 g/mol. The van der Waals surface area contributed by atoms with E-state index in [0.29, 0.717) is 23.9 Å². The van der Waals surface area contributed by atoms with E-state index in [9.17, 15) is 18.0 Å². The van der Waals surface area contributed by atoms with E-state index in [1.54, 1.807) is 44.1 Å². The summed E-state index contributed by atoms with van der Waals surface area (Å²) in [4.78, 5) is 18.6. The minimum atomic E-state index is -4.75. The van der Waals surface area contributed by atoms with Crippen molar-refractivity contribution in [3.63, 3.8) is 0 Å². The van der Waals surface area contributed by atoms with Gasteiger partial charge in [-0.2, -0.15) is 13.2 Å². The molecule has 46 heavy (non-hydrogen) atoms. The van der Waals surface area contributed by atoms with E-state index in [-0.39, 0.29) is 36.9 Å². The summed E-state index contributed by atoms with van der Waals surface area (Å²) >= 11 is 0. The zero-order valence-electron chi connectivity index (χ0n) is 25.2. The van der Waals surface area contributed by atoms with Crippen LogP contribution in [0.3, 0.4) is 0 Å². The lowest BCUT2D eigenvalue weighted by molar-refractivity contribution is -0.160. The number of aliphatic imine (C=N–C) groups is 1. The third kappa shape index (κ3) is 7.69. The zero-order chi connectivity index (χ0) is 32.9. The fourth-order valence-corrected chi connectivity index (χ4v) is 4.64. The maximum absolute atomic E-state index is 15.3. The molecule has 1 fully saturated rings. The number of nitrogens with one attached hydrogen (secondary N) is 2. The number of alkyl halides is 3. The fourth-order valence-electron chi connectivity index (χ4n) is 4.64. The summed E-state index contributed by atoms with van der Waals surface area (Å²) in [6.45, 7) is 4.25. The smallest absolute Gasteiger partial charge is 0.420 e. The number of halogens is 4. The molecule has 2 aliphatic rings. The summed E-state index contributed by atoms with van der Waals surface area (Å²) in [7, 11) is 1.57. The Labute approximate surface area is 262 Å². The van der Waals surface area contributed by atoms with E-state index in [4.69, 9.17) is 23.7 Å². The van der Waals surface area contributed by atoms with Gasteiger partial charge in [-0.3, -0.25) is 4.90 Å². The second-order valence-corrected chi connectivity index (χ2v) is 10.6. The van der Waals surface area contributed by atoms with Crippen molar-refractivity contribution in [1.82, 2.24) is 0 Å². The number of hydrogen-bond acceptors (Lipinski definition) is 8. The van der Waals surface area contributed by atoms with Crippen LogP contribution in [-0.2, 0) is 27.0 Å². The molecule has 1 atom stereocenters. The minimum Gasteiger partial charge on any atom is -0.497 e. The van der Waals surface area contributed by atoms with Crippen LogP contribution in [0.25, 0.3) is 0 Å². The largest absolute Gasteiger partial charge is 0.497 e. The Kier molecular flexibility index (Phi) is 9.68. The molecule has 2 aliphatic heterocycles. The van der Waals surface area contributed by atoms with Gasteiger partial charge in [-0.05, 0) is 67.9 Å². The summed E-state index contributed by atoms with van der Waals surface area (Å²) in [5.41, 5.74) is -1.16. The molecular formula is C32H32F4N4O6. The van der Waals surface area contributed by atoms with Crippen molar-refractivity contribution in [2.45, 2.75) is 38.6 Å². The number of carbonyl (C=O) groups is 1. The van der Waals surface area contributed by atoms with Crippen molar-refractivity contribution in [3.8, 4) is 11.5 Å². The number of allylic oxidation sites excluding steroid dienone is 1. The molecule has 0 spiro atoms. The number of ether oxygens (including phenoxy) is 5. The molecular weight excluding hydrogens is 612 g/mol. The average Bonchev–Trinajstić information content (AvgIpc) is 3.01. The van der Waals surface area contributed by atoms with Crippen LogP contribution in [0.1, 0.15) is 25.0 Å². The first-order valence-electron chi connectivity index (χ1n) is 14.2. The van der Waals surface area contributed by atoms with E-state index in [1.807, 2.05) is 12.1 Å². The molecule has 1 unspecified atom stereocenters. The van der Waals surface area contributed by atoms with E-state index in [2.05, 4.69) is 15.6 Å². The van der Waals surface area contributed by atoms with E-state index in [0.717, 1.165) is 23.8 Å². The quantitative estimate of drug-likeness (QED) is 0.218. The Morgan fingerprint density at radius 2 is 1.85 bits per heavy atom. The van der Waals surface area contributed by atoms with Gasteiger partial charge in [0.1, 0.15) is 17.3 Å². The molecule has 0 radical (unpaired) electrons. The molecule has 0 aliphatic carbocycles. The fraction of sp³-hybridized carbons (Fsp3) is 0.312. The van der Waals surface area contributed by atoms with E-state index < -0.39 is 35.5 Å². The van der Waals surface area contributed by atoms with Crippen LogP contribution in [0.15, 0.2) is 77.6 Å². The highest BCUT2D eigenvalue weighted by molar-refractivity contribution is 6.00. The third-order valence-corrected chi connectivity index (χ3v) is 6.93. The SMILES string of the molecule is CCOC1=CC=NC(OCc2ccc(OC)cc2)N1c1ccc(NC(=O)Nc2ccc(OC3(C)COC3)c(C(F)(F)F)c2)c(F)c1. The van der Waals surface area contributed by atoms with Gasteiger partial charge >= 0.3 is 12.2 Å². The van der Waals surface area contributed by atoms with Crippen molar-refractivity contribution in [3.05, 3.63) is 89.6 Å². The van der Waals surface area contributed by atoms with Gasteiger partial charge in [0.2, 0.25) is 6.35 Å². The molecule has 0 saturated carbocycles. The van der Waals surface area contributed by atoms with Gasteiger partial charge in [-0.15, -0.1) is 0 Å². The van der Waals surface area contributed by atoms with Crippen LogP contribution in [0.4, 0.5) is 39.4 Å². The lowest BCUT2D eigenvalue weighted by Gasteiger charge is -2.38. The van der Waals surface area contributed by atoms with E-state index in [1.165, 1.54) is 24.4 Å². The highest BCUT2D eigenvalue weighted by Gasteiger charge is 2.40. The normalized spacial score (nSPS) is 17.1. The monoisotopic (exact) mass is 644 g/mol. The molecule has 2 N–H and O–H groups in total. The first kappa shape index (κ1) is 32.6. The Bertz CT molecular complexity index is 1610. The second-order valence-electron chi connectivity index (χ2n) is 10.6. The van der Waals surface area contributed by atoms with Gasteiger partial charge < -0.3 is 34.3 Å². The Hall–Kier alpha value is -4.82. The van der Waals surface area contributed by atoms with Gasteiger partial charge in [0.15, 0.2) is 11.5 Å². The topological polar surface area (TPSA) is 103 Å². The van der Waals surface area contributed by atoms with Crippen LogP contribution in [0.2, 0.25) is 0 Å². The molecule has 10 nitrogen and oxygen atoms in total. The molecule has 2 heterocycles. The van der Waals surface area contributed by atoms with Gasteiger partial charge in [0.25, 0.3) is 0 Å². The summed E-state index contributed by atoms with van der Waals surface area (Å²) in [5, 5.41) is 4.65. The zero-order valence-corrected chi connectivity index (χ0v) is 25.2. The van der Waals surface area contributed by atoms with Crippen LogP contribution in [0.5, 0.6) is 11.5 Å². The first-order chi connectivity index (χ1) is 22.0. The summed E-state index contributed by atoms with van der Waals surface area (Å²) in [6, 6.07) is 13.5. The standard InChI is InChI=1S/C32H32F4N4O6/c1-4-44-28-13-14-37-30(45-17-20-5-9-23(42-3)10-6-20)40(28)22-8-11-26(25(33)16-22)39-29(41)38-21-7-12-27(24(15-21)32(34,35)36)46-31(2)18-43-19-31/h5-16,30H,4,17-19H2,1-3H3,(H2,38,39,41). The number of urea groups is 1. The molecule has 5 rings (SSSR count). The summed E-state index contributed by atoms with van der Waals surface area (Å²) < 4.78 is 84.3. The number of carbonyl (C=O) groups excluding carboxylic acids is 1. The molecule has 3 aromatic carbocycles. The molecule has 3 aromatic rings. The summed E-state index contributed by atoms with van der Waals surface area (Å²) in [6.07, 6.45) is -2.51. The van der Waals surface area contributed by atoms with Crippen molar-refractivity contribution in [2.24, 2.45) is 4.99 Å². The molecule has 1 saturated heterocycles. The molecule has 0 aromatic heterocycles. The van der Waals surface area contributed by atoms with Crippen LogP contribution < -0.4 is 25.0 Å². The number of nitrogens with zero attached hydrogens (tertiary/aromatic N) is 2.